The molecular weight excluding hydrogens is 184 g/mol. The average Bonchev–Trinajstić information content (AvgIpc) is 2.67. The van der Waals surface area contributed by atoms with Gasteiger partial charge in [0.25, 0.3) is 0 Å². The number of fused-ring (bicyclic) bond motifs is 1. The van der Waals surface area contributed by atoms with Crippen LogP contribution < -0.4 is 0 Å². The molecule has 0 bridgehead atoms. The van der Waals surface area contributed by atoms with Crippen LogP contribution in [0.4, 0.5) is 0 Å². The maximum atomic E-state index is 4.71. The summed E-state index contributed by atoms with van der Waals surface area (Å²) in [4.78, 5) is 0. The summed E-state index contributed by atoms with van der Waals surface area (Å²) in [7, 11) is 2.06. The van der Waals surface area contributed by atoms with E-state index in [2.05, 4.69) is 27.8 Å². The van der Waals surface area contributed by atoms with Crippen LogP contribution in [0, 0.1) is 6.92 Å². The first-order chi connectivity index (χ1) is 7.08. The van der Waals surface area contributed by atoms with Crippen LogP contribution in [0.25, 0.3) is 0 Å². The molecule has 1 unspecified atom stereocenters. The molecule has 0 amide bonds. The number of aromatic nitrogens is 2. The number of nitrogens with zero attached hydrogens (tertiary/aromatic N) is 2. The Bertz CT molecular complexity index is 365. The summed E-state index contributed by atoms with van der Waals surface area (Å²) in [5, 5.41) is 4.71. The maximum Gasteiger partial charge on any atom is 0.0718 e. The normalized spacial score (nSPS) is 24.5. The molecule has 0 saturated heterocycles. The van der Waals surface area contributed by atoms with Gasteiger partial charge in [0.15, 0.2) is 0 Å². The van der Waals surface area contributed by atoms with E-state index >= 15 is 0 Å². The fourth-order valence-corrected chi connectivity index (χ4v) is 2.77. The van der Waals surface area contributed by atoms with E-state index in [9.17, 15) is 0 Å². The summed E-state index contributed by atoms with van der Waals surface area (Å²) in [6.45, 7) is 6.85. The smallest absolute Gasteiger partial charge is 0.0718 e. The monoisotopic (exact) mass is 206 g/mol. The van der Waals surface area contributed by atoms with Crippen LogP contribution in [0.5, 0.6) is 0 Å². The lowest BCUT2D eigenvalue weighted by molar-refractivity contribution is 0.398. The lowest BCUT2D eigenvalue weighted by Gasteiger charge is -2.22. The van der Waals surface area contributed by atoms with Gasteiger partial charge in [0, 0.05) is 18.2 Å². The Balaban J connectivity index is 2.30. The Hall–Kier alpha value is -0.790. The van der Waals surface area contributed by atoms with Gasteiger partial charge in [-0.15, -0.1) is 0 Å². The van der Waals surface area contributed by atoms with E-state index < -0.39 is 0 Å². The van der Waals surface area contributed by atoms with Crippen molar-refractivity contribution in [3.05, 3.63) is 17.0 Å². The number of hydrogen-bond donors (Lipinski definition) is 0. The molecule has 0 aromatic carbocycles. The van der Waals surface area contributed by atoms with Crippen LogP contribution in [-0.4, -0.2) is 9.78 Å². The number of rotatable bonds is 3. The Kier molecular flexibility index (Phi) is 2.61. The highest BCUT2D eigenvalue weighted by atomic mass is 15.3. The van der Waals surface area contributed by atoms with Crippen molar-refractivity contribution in [1.82, 2.24) is 9.78 Å². The van der Waals surface area contributed by atoms with Crippen molar-refractivity contribution < 1.29 is 0 Å². The predicted octanol–water partition coefficient (Wildman–Crippen LogP) is 3.12. The summed E-state index contributed by atoms with van der Waals surface area (Å²) in [5.74, 6) is 0. The fraction of sp³-hybridized carbons (Fsp3) is 0.769. The van der Waals surface area contributed by atoms with Crippen LogP contribution in [-0.2, 0) is 18.9 Å². The quantitative estimate of drug-likeness (QED) is 0.743. The van der Waals surface area contributed by atoms with Crippen molar-refractivity contribution in [3.63, 3.8) is 0 Å². The van der Waals surface area contributed by atoms with Crippen molar-refractivity contribution in [2.75, 3.05) is 0 Å². The highest BCUT2D eigenvalue weighted by Gasteiger charge is 2.37. The summed E-state index contributed by atoms with van der Waals surface area (Å²) in [6, 6.07) is 0. The van der Waals surface area contributed by atoms with Gasteiger partial charge in [0.1, 0.15) is 0 Å². The molecule has 1 aromatic heterocycles. The molecule has 0 N–H and O–H groups in total. The van der Waals surface area contributed by atoms with Crippen LogP contribution in [0.3, 0.4) is 0 Å². The van der Waals surface area contributed by atoms with E-state index in [-0.39, 0.29) is 0 Å². The Morgan fingerprint density at radius 1 is 1.47 bits per heavy atom. The molecule has 0 spiro atoms. The molecule has 2 heteroatoms. The summed E-state index contributed by atoms with van der Waals surface area (Å²) in [5.41, 5.74) is 4.63. The van der Waals surface area contributed by atoms with Gasteiger partial charge >= 0.3 is 0 Å². The van der Waals surface area contributed by atoms with Crippen LogP contribution >= 0.6 is 0 Å². The molecule has 15 heavy (non-hydrogen) atoms. The molecule has 1 aromatic rings. The lowest BCUT2D eigenvalue weighted by atomic mass is 9.82. The second-order valence-corrected chi connectivity index (χ2v) is 5.20. The summed E-state index contributed by atoms with van der Waals surface area (Å²) < 4.78 is 2.05. The predicted molar refractivity (Wildman–Crippen MR) is 63.1 cm³/mol. The zero-order valence-corrected chi connectivity index (χ0v) is 10.4. The lowest BCUT2D eigenvalue weighted by Crippen LogP contribution is -2.19. The Morgan fingerprint density at radius 3 is 2.87 bits per heavy atom. The minimum atomic E-state index is 0.358. The molecule has 1 atom stereocenters. The molecular formula is C13H22N2. The highest BCUT2D eigenvalue weighted by molar-refractivity contribution is 5.36. The third kappa shape index (κ3) is 1.60. The van der Waals surface area contributed by atoms with E-state index in [1.54, 1.807) is 0 Å². The van der Waals surface area contributed by atoms with Gasteiger partial charge in [-0.1, -0.05) is 26.7 Å². The van der Waals surface area contributed by atoms with Crippen LogP contribution in [0.15, 0.2) is 0 Å². The first-order valence-corrected chi connectivity index (χ1v) is 6.11. The zero-order valence-electron chi connectivity index (χ0n) is 10.4. The van der Waals surface area contributed by atoms with Crippen molar-refractivity contribution in [3.8, 4) is 0 Å². The fourth-order valence-electron chi connectivity index (χ4n) is 2.77. The zero-order chi connectivity index (χ0) is 11.1. The van der Waals surface area contributed by atoms with Gasteiger partial charge in [-0.05, 0) is 31.7 Å². The average molecular weight is 206 g/mol. The van der Waals surface area contributed by atoms with Gasteiger partial charge < -0.3 is 0 Å². The number of aryl methyl sites for hydroxylation is 1. The molecule has 0 fully saturated rings. The van der Waals surface area contributed by atoms with Gasteiger partial charge in [-0.25, -0.2) is 0 Å². The van der Waals surface area contributed by atoms with Crippen LogP contribution in [0.2, 0.25) is 0 Å². The molecule has 2 nitrogen and oxygen atoms in total. The van der Waals surface area contributed by atoms with Crippen LogP contribution in [0.1, 0.15) is 56.5 Å². The Morgan fingerprint density at radius 2 is 2.20 bits per heavy atom. The maximum absolute atomic E-state index is 4.71. The van der Waals surface area contributed by atoms with Crippen molar-refractivity contribution in [2.45, 2.75) is 58.3 Å². The molecule has 2 rings (SSSR count). The van der Waals surface area contributed by atoms with E-state index in [1.807, 2.05) is 4.68 Å². The van der Waals surface area contributed by atoms with E-state index in [4.69, 9.17) is 5.10 Å². The van der Waals surface area contributed by atoms with E-state index in [0.717, 1.165) is 0 Å². The molecule has 0 aliphatic heterocycles. The molecule has 0 radical (unpaired) electrons. The molecule has 1 heterocycles. The van der Waals surface area contributed by atoms with Gasteiger partial charge in [-0.2, -0.15) is 5.10 Å². The van der Waals surface area contributed by atoms with Gasteiger partial charge in [0.2, 0.25) is 0 Å². The Labute approximate surface area is 92.7 Å². The summed E-state index contributed by atoms with van der Waals surface area (Å²) in [6.07, 6.45) is 6.44. The van der Waals surface area contributed by atoms with Crippen molar-refractivity contribution in [2.24, 2.45) is 7.05 Å². The first kappa shape index (κ1) is 10.7. The molecule has 84 valence electrons. The third-order valence-corrected chi connectivity index (χ3v) is 4.04. The second kappa shape index (κ2) is 3.66. The topological polar surface area (TPSA) is 17.8 Å². The minimum absolute atomic E-state index is 0.358. The van der Waals surface area contributed by atoms with E-state index in [1.165, 1.54) is 49.1 Å². The highest BCUT2D eigenvalue weighted by Crippen LogP contribution is 2.42. The van der Waals surface area contributed by atoms with Crippen molar-refractivity contribution in [1.29, 1.82) is 0 Å². The largest absolute Gasteiger partial charge is 0.272 e. The molecule has 1 aliphatic carbocycles. The standard InChI is InChI=1S/C13H22N2/c1-5-6-8-13(3)9-7-11-10(2)15(4)14-12(11)13/h5-9H2,1-4H3. The van der Waals surface area contributed by atoms with Crippen molar-refractivity contribution >= 4 is 0 Å². The second-order valence-electron chi connectivity index (χ2n) is 5.20. The third-order valence-electron chi connectivity index (χ3n) is 4.04. The first-order valence-electron chi connectivity index (χ1n) is 6.11. The SMILES string of the molecule is CCCCC1(C)CCc2c1nn(C)c2C. The summed E-state index contributed by atoms with van der Waals surface area (Å²) >= 11 is 0. The minimum Gasteiger partial charge on any atom is -0.272 e. The number of unbranched alkanes of at least 4 members (excludes halogenated alkanes) is 1. The van der Waals surface area contributed by atoms with Gasteiger partial charge in [0.05, 0.1) is 5.69 Å². The molecule has 1 aliphatic rings. The van der Waals surface area contributed by atoms with Gasteiger partial charge in [-0.3, -0.25) is 4.68 Å². The van der Waals surface area contributed by atoms with E-state index in [0.29, 0.717) is 5.41 Å². The number of hydrogen-bond acceptors (Lipinski definition) is 1. The molecule has 0 saturated carbocycles.